The summed E-state index contributed by atoms with van der Waals surface area (Å²) in [4.78, 5) is 13.8. The fourth-order valence-corrected chi connectivity index (χ4v) is 6.75. The summed E-state index contributed by atoms with van der Waals surface area (Å²) < 4.78 is 27.8. The third kappa shape index (κ3) is 3.74. The second kappa shape index (κ2) is 8.06. The van der Waals surface area contributed by atoms with Gasteiger partial charge in [0.1, 0.15) is 0 Å². The predicted octanol–water partition coefficient (Wildman–Crippen LogP) is 4.02. The van der Waals surface area contributed by atoms with Crippen molar-refractivity contribution in [2.75, 3.05) is 5.32 Å². The molecule has 0 unspecified atom stereocenters. The lowest BCUT2D eigenvalue weighted by molar-refractivity contribution is -0.118. The number of aryl methyl sites for hydroxylation is 2. The summed E-state index contributed by atoms with van der Waals surface area (Å²) in [5.41, 5.74) is 3.22. The van der Waals surface area contributed by atoms with Crippen molar-refractivity contribution in [2.24, 2.45) is 0 Å². The number of aromatic nitrogens is 4. The van der Waals surface area contributed by atoms with E-state index in [0.717, 1.165) is 29.5 Å². The predicted molar refractivity (Wildman–Crippen MR) is 124 cm³/mol. The van der Waals surface area contributed by atoms with Gasteiger partial charge in [0.15, 0.2) is 20.4 Å². The highest BCUT2D eigenvalue weighted by Crippen LogP contribution is 2.42. The number of carbonyl (C=O) groups excluding carboxylic acids is 1. The summed E-state index contributed by atoms with van der Waals surface area (Å²) in [6, 6.07) is 12.7. The van der Waals surface area contributed by atoms with Gasteiger partial charge in [-0.15, -0.1) is 5.10 Å². The molecular formula is C24H27N5O3S. The van der Waals surface area contributed by atoms with Crippen LogP contribution < -0.4 is 5.32 Å². The van der Waals surface area contributed by atoms with E-state index in [1.807, 2.05) is 30.7 Å². The van der Waals surface area contributed by atoms with Gasteiger partial charge in [-0.05, 0) is 85.3 Å². The zero-order chi connectivity index (χ0) is 23.2. The minimum Gasteiger partial charge on any atom is -0.325 e. The third-order valence-electron chi connectivity index (χ3n) is 6.89. The van der Waals surface area contributed by atoms with Crippen LogP contribution in [0.25, 0.3) is 11.4 Å². The van der Waals surface area contributed by atoms with E-state index in [1.54, 1.807) is 30.3 Å². The summed E-state index contributed by atoms with van der Waals surface area (Å²) in [6.07, 6.45) is 4.13. The summed E-state index contributed by atoms with van der Waals surface area (Å²) >= 11 is 0. The van der Waals surface area contributed by atoms with Crippen LogP contribution in [0.1, 0.15) is 55.7 Å². The largest absolute Gasteiger partial charge is 0.325 e. The van der Waals surface area contributed by atoms with E-state index in [1.165, 1.54) is 0 Å². The van der Waals surface area contributed by atoms with Crippen LogP contribution in [-0.2, 0) is 14.6 Å². The molecular weight excluding hydrogens is 438 g/mol. The number of rotatable bonds is 6. The maximum Gasteiger partial charge on any atom is 0.246 e. The molecule has 33 heavy (non-hydrogen) atoms. The Morgan fingerprint density at radius 3 is 2.52 bits per heavy atom. The van der Waals surface area contributed by atoms with Gasteiger partial charge >= 0.3 is 0 Å². The molecule has 172 valence electrons. The Kier molecular flexibility index (Phi) is 5.31. The molecule has 1 aromatic heterocycles. The van der Waals surface area contributed by atoms with Crippen molar-refractivity contribution in [3.63, 3.8) is 0 Å². The molecule has 1 heterocycles. The Hall–Kier alpha value is -3.07. The lowest BCUT2D eigenvalue weighted by atomic mass is 10.1. The van der Waals surface area contributed by atoms with Gasteiger partial charge in [-0.25, -0.2) is 13.1 Å². The van der Waals surface area contributed by atoms with Crippen molar-refractivity contribution in [3.05, 3.63) is 53.6 Å². The topological polar surface area (TPSA) is 107 Å². The van der Waals surface area contributed by atoms with Crippen LogP contribution >= 0.6 is 0 Å². The molecule has 3 aromatic rings. The summed E-state index contributed by atoms with van der Waals surface area (Å²) in [5.74, 6) is 0.170. The highest BCUT2D eigenvalue weighted by atomic mass is 32.2. The quantitative estimate of drug-likeness (QED) is 0.589. The van der Waals surface area contributed by atoms with E-state index < -0.39 is 20.5 Å². The zero-order valence-electron chi connectivity index (χ0n) is 18.8. The number of tetrazole rings is 1. The van der Waals surface area contributed by atoms with Crippen molar-refractivity contribution in [2.45, 2.75) is 68.1 Å². The summed E-state index contributed by atoms with van der Waals surface area (Å²) in [7, 11) is -3.87. The Morgan fingerprint density at radius 2 is 1.82 bits per heavy atom. The van der Waals surface area contributed by atoms with Crippen molar-refractivity contribution in [1.82, 2.24) is 20.2 Å². The number of nitrogens with zero attached hydrogens (tertiary/aromatic N) is 4. The molecule has 2 aliphatic rings. The van der Waals surface area contributed by atoms with Crippen LogP contribution in [0.15, 0.2) is 47.4 Å². The summed E-state index contributed by atoms with van der Waals surface area (Å²) in [5, 5.41) is 14.9. The Bertz CT molecular complexity index is 1320. The van der Waals surface area contributed by atoms with E-state index in [0.29, 0.717) is 43.2 Å². The number of sulfone groups is 1. The van der Waals surface area contributed by atoms with E-state index in [4.69, 9.17) is 0 Å². The van der Waals surface area contributed by atoms with Gasteiger partial charge in [0.2, 0.25) is 5.91 Å². The lowest BCUT2D eigenvalue weighted by Gasteiger charge is -2.28. The smallest absolute Gasteiger partial charge is 0.246 e. The van der Waals surface area contributed by atoms with Gasteiger partial charge in [0, 0.05) is 11.3 Å². The van der Waals surface area contributed by atoms with E-state index in [2.05, 4.69) is 20.8 Å². The standard InChI is InChI=1S/C24H27N5O3S/c1-16-8-11-21(14-17(16)2)33(31,32)24(12-3-4-13-24)23(30)25-19-7-5-6-18(15-19)22-26-27-28-29(22)20-9-10-20/h5-8,11,14-15,20H,3-4,9-10,12-13H2,1-2H3,(H,25,30). The lowest BCUT2D eigenvalue weighted by Crippen LogP contribution is -2.47. The van der Waals surface area contributed by atoms with Gasteiger partial charge < -0.3 is 5.32 Å². The average molecular weight is 466 g/mol. The molecule has 8 nitrogen and oxygen atoms in total. The molecule has 2 fully saturated rings. The second-order valence-corrected chi connectivity index (χ2v) is 11.4. The highest BCUT2D eigenvalue weighted by Gasteiger charge is 2.53. The minimum absolute atomic E-state index is 0.208. The number of carbonyl (C=O) groups is 1. The molecule has 2 aromatic carbocycles. The van der Waals surface area contributed by atoms with Crippen LogP contribution in [0, 0.1) is 13.8 Å². The normalized spacial score (nSPS) is 17.8. The van der Waals surface area contributed by atoms with Crippen molar-refractivity contribution < 1.29 is 13.2 Å². The van der Waals surface area contributed by atoms with Crippen LogP contribution in [0.3, 0.4) is 0 Å². The van der Waals surface area contributed by atoms with E-state index in [-0.39, 0.29) is 4.90 Å². The van der Waals surface area contributed by atoms with Crippen LogP contribution in [-0.4, -0.2) is 39.3 Å². The monoisotopic (exact) mass is 465 g/mol. The molecule has 0 atom stereocenters. The first-order valence-electron chi connectivity index (χ1n) is 11.3. The summed E-state index contributed by atoms with van der Waals surface area (Å²) in [6.45, 7) is 3.83. The average Bonchev–Trinajstić information content (AvgIpc) is 3.30. The number of benzene rings is 2. The first-order chi connectivity index (χ1) is 15.8. The van der Waals surface area contributed by atoms with Gasteiger partial charge in [0.25, 0.3) is 0 Å². The Morgan fingerprint density at radius 1 is 1.06 bits per heavy atom. The molecule has 2 aliphatic carbocycles. The fourth-order valence-electron chi connectivity index (χ4n) is 4.60. The number of anilines is 1. The Labute approximate surface area is 193 Å². The minimum atomic E-state index is -3.87. The zero-order valence-corrected chi connectivity index (χ0v) is 19.6. The molecule has 1 N–H and O–H groups in total. The van der Waals surface area contributed by atoms with Gasteiger partial charge in [-0.3, -0.25) is 4.79 Å². The number of hydrogen-bond donors (Lipinski definition) is 1. The van der Waals surface area contributed by atoms with Crippen LogP contribution in [0.4, 0.5) is 5.69 Å². The van der Waals surface area contributed by atoms with Crippen LogP contribution in [0.5, 0.6) is 0 Å². The third-order valence-corrected chi connectivity index (χ3v) is 9.39. The van der Waals surface area contributed by atoms with Gasteiger partial charge in [-0.2, -0.15) is 0 Å². The molecule has 0 radical (unpaired) electrons. The van der Waals surface area contributed by atoms with Gasteiger partial charge in [-0.1, -0.05) is 31.0 Å². The molecule has 0 aliphatic heterocycles. The maximum atomic E-state index is 13.7. The van der Waals surface area contributed by atoms with Gasteiger partial charge in [0.05, 0.1) is 10.9 Å². The molecule has 5 rings (SSSR count). The van der Waals surface area contributed by atoms with E-state index in [9.17, 15) is 13.2 Å². The highest BCUT2D eigenvalue weighted by molar-refractivity contribution is 7.93. The van der Waals surface area contributed by atoms with E-state index >= 15 is 0 Å². The number of hydrogen-bond acceptors (Lipinski definition) is 6. The van der Waals surface area contributed by atoms with Crippen molar-refractivity contribution in [1.29, 1.82) is 0 Å². The SMILES string of the molecule is Cc1ccc(S(=O)(=O)C2(C(=O)Nc3cccc(-c4nnnn4C4CC4)c3)CCCC2)cc1C. The molecule has 0 bridgehead atoms. The fraction of sp³-hybridized carbons (Fsp3) is 0.417. The first-order valence-corrected chi connectivity index (χ1v) is 12.8. The van der Waals surface area contributed by atoms with Crippen molar-refractivity contribution in [3.8, 4) is 11.4 Å². The number of amides is 1. The first kappa shape index (κ1) is 21.8. The molecule has 0 saturated heterocycles. The van der Waals surface area contributed by atoms with Crippen molar-refractivity contribution >= 4 is 21.4 Å². The molecule has 9 heteroatoms. The number of nitrogens with one attached hydrogen (secondary N) is 1. The Balaban J connectivity index is 1.46. The molecule has 1 amide bonds. The molecule has 0 spiro atoms. The maximum absolute atomic E-state index is 13.7. The molecule has 2 saturated carbocycles. The second-order valence-electron chi connectivity index (χ2n) is 9.16. The van der Waals surface area contributed by atoms with Crippen LogP contribution in [0.2, 0.25) is 0 Å².